The number of carbonyl (C=O) groups is 1. The van der Waals surface area contributed by atoms with Crippen LogP contribution >= 0.6 is 0 Å². The fourth-order valence-corrected chi connectivity index (χ4v) is 2.41. The molecule has 1 aliphatic heterocycles. The van der Waals surface area contributed by atoms with Crippen molar-refractivity contribution in [3.8, 4) is 11.3 Å². The minimum Gasteiger partial charge on any atom is -0.475 e. The first kappa shape index (κ1) is 13.8. The average Bonchev–Trinajstić information content (AvgIpc) is 2.99. The zero-order valence-electron chi connectivity index (χ0n) is 11.5. The third-order valence-electron chi connectivity index (χ3n) is 3.51. The maximum atomic E-state index is 10.9. The number of hydrogen-bond donors (Lipinski definition) is 1. The Morgan fingerprint density at radius 2 is 2.05 bits per heavy atom. The molecule has 6 nitrogen and oxygen atoms in total. The van der Waals surface area contributed by atoms with Gasteiger partial charge in [-0.25, -0.2) is 4.79 Å². The van der Waals surface area contributed by atoms with Gasteiger partial charge in [-0.3, -0.25) is 4.90 Å². The normalized spacial score (nSPS) is 16.0. The van der Waals surface area contributed by atoms with Crippen molar-refractivity contribution in [3.05, 3.63) is 41.7 Å². The van der Waals surface area contributed by atoms with Gasteiger partial charge in [-0.15, -0.1) is 0 Å². The van der Waals surface area contributed by atoms with Crippen LogP contribution in [0.3, 0.4) is 0 Å². The number of nitrogens with zero attached hydrogens (tertiary/aromatic N) is 2. The second kappa shape index (κ2) is 6.07. The van der Waals surface area contributed by atoms with Gasteiger partial charge in [0.25, 0.3) is 0 Å². The van der Waals surface area contributed by atoms with Crippen molar-refractivity contribution in [2.75, 3.05) is 26.3 Å². The average molecular weight is 288 g/mol. The number of aromatic nitrogens is 1. The summed E-state index contributed by atoms with van der Waals surface area (Å²) < 4.78 is 10.2. The second-order valence-corrected chi connectivity index (χ2v) is 4.93. The van der Waals surface area contributed by atoms with Crippen molar-refractivity contribution < 1.29 is 19.2 Å². The molecule has 110 valence electrons. The Hall–Kier alpha value is -2.18. The fourth-order valence-electron chi connectivity index (χ4n) is 2.41. The molecule has 0 saturated carbocycles. The number of morpholine rings is 1. The standard InChI is InChI=1S/C15H16N2O4/c18-15(19)14-9-13(16-21-14)12-4-2-1-3-11(12)10-17-5-7-20-8-6-17/h1-4,9H,5-8,10H2,(H,18,19). The van der Waals surface area contributed by atoms with Crippen LogP contribution < -0.4 is 0 Å². The second-order valence-electron chi connectivity index (χ2n) is 4.93. The van der Waals surface area contributed by atoms with E-state index in [9.17, 15) is 4.79 Å². The highest BCUT2D eigenvalue weighted by Crippen LogP contribution is 2.24. The summed E-state index contributed by atoms with van der Waals surface area (Å²) in [5, 5.41) is 12.8. The molecule has 1 fully saturated rings. The molecule has 0 radical (unpaired) electrons. The maximum absolute atomic E-state index is 10.9. The number of rotatable bonds is 4. The molecule has 1 aromatic carbocycles. The minimum atomic E-state index is -1.11. The van der Waals surface area contributed by atoms with Gasteiger partial charge in [-0.1, -0.05) is 29.4 Å². The molecule has 1 aromatic heterocycles. The highest BCUT2D eigenvalue weighted by molar-refractivity contribution is 5.85. The molecule has 2 heterocycles. The summed E-state index contributed by atoms with van der Waals surface area (Å²) in [6, 6.07) is 9.30. The fraction of sp³-hybridized carbons (Fsp3) is 0.333. The molecule has 21 heavy (non-hydrogen) atoms. The molecule has 0 bridgehead atoms. The van der Waals surface area contributed by atoms with E-state index in [0.29, 0.717) is 5.69 Å². The molecule has 0 unspecified atom stereocenters. The zero-order valence-corrected chi connectivity index (χ0v) is 11.5. The van der Waals surface area contributed by atoms with E-state index in [1.54, 1.807) is 0 Å². The van der Waals surface area contributed by atoms with Crippen LogP contribution in [0.4, 0.5) is 0 Å². The van der Waals surface area contributed by atoms with Gasteiger partial charge in [0.15, 0.2) is 0 Å². The van der Waals surface area contributed by atoms with Gasteiger partial charge in [-0.05, 0) is 5.56 Å². The Morgan fingerprint density at radius 3 is 2.76 bits per heavy atom. The van der Waals surface area contributed by atoms with E-state index in [-0.39, 0.29) is 5.76 Å². The number of carboxylic acid groups (broad SMARTS) is 1. The highest BCUT2D eigenvalue weighted by atomic mass is 16.5. The lowest BCUT2D eigenvalue weighted by atomic mass is 10.0. The van der Waals surface area contributed by atoms with Gasteiger partial charge in [0, 0.05) is 31.3 Å². The number of ether oxygens (including phenoxy) is 1. The van der Waals surface area contributed by atoms with Gasteiger partial charge in [0.1, 0.15) is 5.69 Å². The number of hydrogen-bond acceptors (Lipinski definition) is 5. The summed E-state index contributed by atoms with van der Waals surface area (Å²) in [4.78, 5) is 13.2. The Kier molecular flexibility index (Phi) is 3.98. The Morgan fingerprint density at radius 1 is 1.29 bits per heavy atom. The number of aromatic carboxylic acids is 1. The molecule has 2 aromatic rings. The van der Waals surface area contributed by atoms with E-state index >= 15 is 0 Å². The molecule has 1 saturated heterocycles. The molecule has 0 spiro atoms. The van der Waals surface area contributed by atoms with E-state index in [0.717, 1.165) is 44.0 Å². The van der Waals surface area contributed by atoms with Crippen molar-refractivity contribution in [2.45, 2.75) is 6.54 Å². The first-order valence-corrected chi connectivity index (χ1v) is 6.82. The lowest BCUT2D eigenvalue weighted by Crippen LogP contribution is -2.35. The largest absolute Gasteiger partial charge is 0.475 e. The van der Waals surface area contributed by atoms with Crippen molar-refractivity contribution in [2.24, 2.45) is 0 Å². The van der Waals surface area contributed by atoms with Crippen LogP contribution in [0, 0.1) is 0 Å². The third-order valence-corrected chi connectivity index (χ3v) is 3.51. The van der Waals surface area contributed by atoms with Gasteiger partial charge in [0.2, 0.25) is 5.76 Å². The summed E-state index contributed by atoms with van der Waals surface area (Å²) in [6.07, 6.45) is 0. The smallest absolute Gasteiger partial charge is 0.374 e. The van der Waals surface area contributed by atoms with Crippen LogP contribution in [0.15, 0.2) is 34.9 Å². The van der Waals surface area contributed by atoms with Crippen LogP contribution in [0.5, 0.6) is 0 Å². The molecule has 0 aliphatic carbocycles. The summed E-state index contributed by atoms with van der Waals surface area (Å²) in [5.74, 6) is -1.26. The van der Waals surface area contributed by atoms with Gasteiger partial charge >= 0.3 is 5.97 Å². The van der Waals surface area contributed by atoms with Gasteiger partial charge in [0.05, 0.1) is 13.2 Å². The highest BCUT2D eigenvalue weighted by Gasteiger charge is 2.17. The SMILES string of the molecule is O=C(O)c1cc(-c2ccccc2CN2CCOCC2)no1. The van der Waals surface area contributed by atoms with Crippen molar-refractivity contribution in [1.29, 1.82) is 0 Å². The summed E-state index contributed by atoms with van der Waals surface area (Å²) in [6.45, 7) is 4.07. The van der Waals surface area contributed by atoms with Gasteiger partial charge in [-0.2, -0.15) is 0 Å². The van der Waals surface area contributed by atoms with Crippen LogP contribution in [0.1, 0.15) is 16.1 Å². The molecule has 0 amide bonds. The Balaban J connectivity index is 1.85. The first-order chi connectivity index (χ1) is 10.2. The first-order valence-electron chi connectivity index (χ1n) is 6.82. The lowest BCUT2D eigenvalue weighted by molar-refractivity contribution is 0.0342. The number of benzene rings is 1. The van der Waals surface area contributed by atoms with Crippen molar-refractivity contribution in [3.63, 3.8) is 0 Å². The van der Waals surface area contributed by atoms with E-state index in [4.69, 9.17) is 14.4 Å². The summed E-state index contributed by atoms with van der Waals surface area (Å²) >= 11 is 0. The van der Waals surface area contributed by atoms with Crippen LogP contribution in [0.2, 0.25) is 0 Å². The zero-order chi connectivity index (χ0) is 14.7. The summed E-state index contributed by atoms with van der Waals surface area (Å²) in [7, 11) is 0. The van der Waals surface area contributed by atoms with E-state index < -0.39 is 5.97 Å². The summed E-state index contributed by atoms with van der Waals surface area (Å²) in [5.41, 5.74) is 2.56. The topological polar surface area (TPSA) is 75.8 Å². The number of carboxylic acids is 1. The van der Waals surface area contributed by atoms with Gasteiger partial charge < -0.3 is 14.4 Å². The molecule has 1 aliphatic rings. The maximum Gasteiger partial charge on any atom is 0.374 e. The van der Waals surface area contributed by atoms with Crippen molar-refractivity contribution in [1.82, 2.24) is 10.1 Å². The molecule has 6 heteroatoms. The Bertz CT molecular complexity index is 632. The third kappa shape index (κ3) is 3.12. The minimum absolute atomic E-state index is 0.147. The Labute approximate surface area is 121 Å². The lowest BCUT2D eigenvalue weighted by Gasteiger charge is -2.27. The molecular formula is C15H16N2O4. The van der Waals surface area contributed by atoms with E-state index in [1.807, 2.05) is 24.3 Å². The monoisotopic (exact) mass is 288 g/mol. The molecule has 1 N–H and O–H groups in total. The van der Waals surface area contributed by atoms with Crippen LogP contribution in [-0.2, 0) is 11.3 Å². The van der Waals surface area contributed by atoms with Crippen LogP contribution in [-0.4, -0.2) is 47.4 Å². The molecular weight excluding hydrogens is 272 g/mol. The van der Waals surface area contributed by atoms with E-state index in [1.165, 1.54) is 6.07 Å². The molecule has 3 rings (SSSR count). The molecule has 0 atom stereocenters. The quantitative estimate of drug-likeness (QED) is 0.925. The van der Waals surface area contributed by atoms with E-state index in [2.05, 4.69) is 10.1 Å². The predicted molar refractivity (Wildman–Crippen MR) is 75.0 cm³/mol. The van der Waals surface area contributed by atoms with Crippen molar-refractivity contribution >= 4 is 5.97 Å². The van der Waals surface area contributed by atoms with Crippen LogP contribution in [0.25, 0.3) is 11.3 Å². The predicted octanol–water partition coefficient (Wildman–Crippen LogP) is 1.87.